The molecule has 6 nitrogen and oxygen atoms in total. The predicted octanol–water partition coefficient (Wildman–Crippen LogP) is 2.18. The van der Waals surface area contributed by atoms with E-state index in [4.69, 9.17) is 11.6 Å². The molecule has 0 N–H and O–H groups in total. The third-order valence-corrected chi connectivity index (χ3v) is 4.92. The molecule has 2 aromatic rings. The number of unbranched alkanes of at least 4 members (excludes halogenated alkanes) is 1. The zero-order chi connectivity index (χ0) is 18.0. The van der Waals surface area contributed by atoms with E-state index >= 15 is 0 Å². The number of aromatic nitrogens is 2. The number of halogens is 1. The van der Waals surface area contributed by atoms with Gasteiger partial charge in [0.15, 0.2) is 0 Å². The summed E-state index contributed by atoms with van der Waals surface area (Å²) < 4.78 is 1.44. The summed E-state index contributed by atoms with van der Waals surface area (Å²) in [6.07, 6.45) is 4.46. The number of carbonyl (C=O) groups excluding carboxylic acids is 1. The Morgan fingerprint density at radius 1 is 1.28 bits per heavy atom. The van der Waals surface area contributed by atoms with Crippen LogP contribution >= 0.6 is 11.6 Å². The number of piperazine rings is 1. The van der Waals surface area contributed by atoms with Gasteiger partial charge in [-0.15, -0.1) is 0 Å². The Labute approximate surface area is 152 Å². The molecule has 134 valence electrons. The van der Waals surface area contributed by atoms with Crippen molar-refractivity contribution in [2.24, 2.45) is 0 Å². The first kappa shape index (κ1) is 17.9. The van der Waals surface area contributed by atoms with Crippen LogP contribution in [0.4, 0.5) is 0 Å². The van der Waals surface area contributed by atoms with Gasteiger partial charge in [-0.3, -0.25) is 18.9 Å². The van der Waals surface area contributed by atoms with E-state index in [9.17, 15) is 9.59 Å². The van der Waals surface area contributed by atoms with Crippen LogP contribution in [0, 0.1) is 0 Å². The molecule has 0 saturated carbocycles. The van der Waals surface area contributed by atoms with E-state index in [1.807, 2.05) is 7.05 Å². The van der Waals surface area contributed by atoms with Crippen molar-refractivity contribution in [2.75, 3.05) is 20.1 Å². The van der Waals surface area contributed by atoms with E-state index in [0.29, 0.717) is 29.5 Å². The number of rotatable bonds is 5. The van der Waals surface area contributed by atoms with Crippen molar-refractivity contribution in [2.45, 2.75) is 38.8 Å². The van der Waals surface area contributed by atoms with E-state index in [-0.39, 0.29) is 17.5 Å². The molecule has 0 aliphatic carbocycles. The summed E-state index contributed by atoms with van der Waals surface area (Å²) >= 11 is 5.95. The molecule has 2 aromatic heterocycles. The molecule has 0 aromatic carbocycles. The lowest BCUT2D eigenvalue weighted by Crippen LogP contribution is -2.55. The fraction of sp³-hybridized carbons (Fsp3) is 0.500. The molecule has 1 saturated heterocycles. The van der Waals surface area contributed by atoms with E-state index < -0.39 is 0 Å². The normalized spacial score (nSPS) is 18.9. The van der Waals surface area contributed by atoms with Gasteiger partial charge in [-0.2, -0.15) is 0 Å². The van der Waals surface area contributed by atoms with Crippen LogP contribution in [0.25, 0.3) is 5.65 Å². The molecule has 0 spiro atoms. The number of pyridine rings is 1. The van der Waals surface area contributed by atoms with Crippen molar-refractivity contribution in [3.8, 4) is 0 Å². The highest BCUT2D eigenvalue weighted by Crippen LogP contribution is 2.18. The van der Waals surface area contributed by atoms with E-state index in [0.717, 1.165) is 25.8 Å². The van der Waals surface area contributed by atoms with Gasteiger partial charge in [0.2, 0.25) is 5.91 Å². The molecule has 7 heteroatoms. The van der Waals surface area contributed by atoms with E-state index in [1.165, 1.54) is 10.5 Å². The van der Waals surface area contributed by atoms with Gasteiger partial charge in [-0.05, 0) is 18.6 Å². The van der Waals surface area contributed by atoms with Gasteiger partial charge in [0.1, 0.15) is 5.65 Å². The topological polar surface area (TPSA) is 57.9 Å². The first-order valence-electron chi connectivity index (χ1n) is 8.66. The SMILES string of the molecule is CCCCC1C(=O)N(C)CCN1Cc1cc(=O)n2cc(Cl)ccc2n1. The maximum absolute atomic E-state index is 12.5. The lowest BCUT2D eigenvalue weighted by molar-refractivity contribution is -0.140. The zero-order valence-corrected chi connectivity index (χ0v) is 15.4. The number of likely N-dealkylation sites (N-methyl/N-ethyl adjacent to an activating group) is 1. The van der Waals surface area contributed by atoms with Crippen molar-refractivity contribution in [3.63, 3.8) is 0 Å². The second-order valence-corrected chi connectivity index (χ2v) is 6.99. The summed E-state index contributed by atoms with van der Waals surface area (Å²) in [5.74, 6) is 0.156. The van der Waals surface area contributed by atoms with Crippen molar-refractivity contribution < 1.29 is 4.79 Å². The second kappa shape index (κ2) is 7.54. The van der Waals surface area contributed by atoms with Crippen LogP contribution in [0.1, 0.15) is 31.9 Å². The number of amides is 1. The van der Waals surface area contributed by atoms with Gasteiger partial charge >= 0.3 is 0 Å². The summed E-state index contributed by atoms with van der Waals surface area (Å²) in [5.41, 5.74) is 1.09. The summed E-state index contributed by atoms with van der Waals surface area (Å²) in [6, 6.07) is 4.85. The third kappa shape index (κ3) is 3.85. The van der Waals surface area contributed by atoms with Crippen LogP contribution < -0.4 is 5.56 Å². The van der Waals surface area contributed by atoms with Crippen LogP contribution in [0.2, 0.25) is 5.02 Å². The molecule has 1 fully saturated rings. The number of carbonyl (C=O) groups is 1. The van der Waals surface area contributed by atoms with E-state index in [2.05, 4.69) is 16.8 Å². The standard InChI is InChI=1S/C18H23ClN4O2/c1-3-4-5-15-18(25)21(2)8-9-22(15)12-14-10-17(24)23-11-13(19)6-7-16(23)20-14/h6-7,10-11,15H,3-5,8-9,12H2,1-2H3. The Kier molecular flexibility index (Phi) is 5.39. The lowest BCUT2D eigenvalue weighted by atomic mass is 10.0. The van der Waals surface area contributed by atoms with Crippen LogP contribution in [0.5, 0.6) is 0 Å². The van der Waals surface area contributed by atoms with Crippen LogP contribution in [-0.2, 0) is 11.3 Å². The minimum Gasteiger partial charge on any atom is -0.343 e. The Balaban J connectivity index is 1.87. The van der Waals surface area contributed by atoms with Crippen molar-refractivity contribution in [1.82, 2.24) is 19.2 Å². The number of hydrogen-bond donors (Lipinski definition) is 0. The molecule has 0 bridgehead atoms. The third-order valence-electron chi connectivity index (χ3n) is 4.70. The average Bonchev–Trinajstić information content (AvgIpc) is 2.58. The molecule has 3 heterocycles. The van der Waals surface area contributed by atoms with Gasteiger partial charge in [0, 0.05) is 38.9 Å². The number of nitrogens with zero attached hydrogens (tertiary/aromatic N) is 4. The monoisotopic (exact) mass is 362 g/mol. The fourth-order valence-corrected chi connectivity index (χ4v) is 3.42. The minimum absolute atomic E-state index is 0.135. The molecule has 1 aliphatic rings. The Morgan fingerprint density at radius 2 is 2.08 bits per heavy atom. The summed E-state index contributed by atoms with van der Waals surface area (Å²) in [6.45, 7) is 4.11. The average molecular weight is 363 g/mol. The molecule has 25 heavy (non-hydrogen) atoms. The molecule has 1 unspecified atom stereocenters. The Bertz CT molecular complexity index is 835. The summed E-state index contributed by atoms with van der Waals surface area (Å²) in [7, 11) is 1.85. The van der Waals surface area contributed by atoms with Gasteiger partial charge in [0.25, 0.3) is 5.56 Å². The highest BCUT2D eigenvalue weighted by Gasteiger charge is 2.32. The van der Waals surface area contributed by atoms with Crippen LogP contribution in [-0.4, -0.2) is 51.3 Å². The molecule has 0 radical (unpaired) electrons. The van der Waals surface area contributed by atoms with Crippen molar-refractivity contribution >= 4 is 23.2 Å². The van der Waals surface area contributed by atoms with E-state index in [1.54, 1.807) is 23.2 Å². The smallest absolute Gasteiger partial charge is 0.258 e. The molecule has 3 rings (SSSR count). The van der Waals surface area contributed by atoms with Gasteiger partial charge in [0.05, 0.1) is 16.8 Å². The summed E-state index contributed by atoms with van der Waals surface area (Å²) in [5, 5.41) is 0.494. The lowest BCUT2D eigenvalue weighted by Gasteiger charge is -2.39. The van der Waals surface area contributed by atoms with Crippen LogP contribution in [0.3, 0.4) is 0 Å². The molecule has 1 amide bonds. The zero-order valence-electron chi connectivity index (χ0n) is 14.6. The molecular weight excluding hydrogens is 340 g/mol. The van der Waals surface area contributed by atoms with Gasteiger partial charge < -0.3 is 4.90 Å². The van der Waals surface area contributed by atoms with Gasteiger partial charge in [-0.1, -0.05) is 31.4 Å². The maximum Gasteiger partial charge on any atom is 0.258 e. The molecule has 1 atom stereocenters. The fourth-order valence-electron chi connectivity index (χ4n) is 3.26. The molecule has 1 aliphatic heterocycles. The van der Waals surface area contributed by atoms with Gasteiger partial charge in [-0.25, -0.2) is 4.98 Å². The maximum atomic E-state index is 12.5. The highest BCUT2D eigenvalue weighted by molar-refractivity contribution is 6.30. The Hall–Kier alpha value is -1.92. The van der Waals surface area contributed by atoms with Crippen LogP contribution in [0.15, 0.2) is 29.2 Å². The van der Waals surface area contributed by atoms with Crippen molar-refractivity contribution in [1.29, 1.82) is 0 Å². The second-order valence-electron chi connectivity index (χ2n) is 6.55. The van der Waals surface area contributed by atoms with Crippen molar-refractivity contribution in [3.05, 3.63) is 45.5 Å². The largest absolute Gasteiger partial charge is 0.343 e. The minimum atomic E-state index is -0.159. The Morgan fingerprint density at radius 3 is 2.84 bits per heavy atom. The highest BCUT2D eigenvalue weighted by atomic mass is 35.5. The molecular formula is C18H23ClN4O2. The number of fused-ring (bicyclic) bond motifs is 1. The first-order chi connectivity index (χ1) is 12.0. The quantitative estimate of drug-likeness (QED) is 0.818. The first-order valence-corrected chi connectivity index (χ1v) is 9.04. The summed E-state index contributed by atoms with van der Waals surface area (Å²) in [4.78, 5) is 33.4. The number of hydrogen-bond acceptors (Lipinski definition) is 4. The predicted molar refractivity (Wildman–Crippen MR) is 97.8 cm³/mol.